The summed E-state index contributed by atoms with van der Waals surface area (Å²) in [6, 6.07) is 2.90. The fourth-order valence-corrected chi connectivity index (χ4v) is 1.79. The topological polar surface area (TPSA) is 111 Å². The van der Waals surface area contributed by atoms with Gasteiger partial charge in [-0.15, -0.1) is 0 Å². The summed E-state index contributed by atoms with van der Waals surface area (Å²) >= 11 is 0. The van der Waals surface area contributed by atoms with Crippen molar-refractivity contribution in [1.82, 2.24) is 4.41 Å². The van der Waals surface area contributed by atoms with Gasteiger partial charge in [0.1, 0.15) is 5.56 Å². The molecule has 0 fully saturated rings. The second kappa shape index (κ2) is 8.05. The first-order chi connectivity index (χ1) is 9.25. The van der Waals surface area contributed by atoms with Crippen molar-refractivity contribution in [2.45, 2.75) is 13.5 Å². The van der Waals surface area contributed by atoms with Gasteiger partial charge in [-0.1, -0.05) is 0 Å². The van der Waals surface area contributed by atoms with Crippen LogP contribution in [0.4, 0.5) is 0 Å². The number of aromatic nitrogens is 1. The molecule has 0 aromatic carbocycles. The van der Waals surface area contributed by atoms with Crippen molar-refractivity contribution in [2.24, 2.45) is 5.84 Å². The molecule has 10 heteroatoms. The third-order valence-electron chi connectivity index (χ3n) is 2.28. The van der Waals surface area contributed by atoms with Crippen LogP contribution in [0.1, 0.15) is 17.3 Å². The van der Waals surface area contributed by atoms with E-state index in [-0.39, 0.29) is 40.1 Å². The number of amides is 1. The molecule has 0 saturated heterocycles. The van der Waals surface area contributed by atoms with Gasteiger partial charge in [-0.3, -0.25) is 4.79 Å². The maximum absolute atomic E-state index is 11.8. The lowest BCUT2D eigenvalue weighted by Gasteiger charge is -2.12. The van der Waals surface area contributed by atoms with Crippen LogP contribution in [0.15, 0.2) is 24.5 Å². The van der Waals surface area contributed by atoms with Crippen LogP contribution in [0.3, 0.4) is 0 Å². The quantitative estimate of drug-likeness (QED) is 0.182. The molecule has 0 aliphatic carbocycles. The van der Waals surface area contributed by atoms with Crippen LogP contribution in [0.25, 0.3) is 0 Å². The second-order valence-corrected chi connectivity index (χ2v) is 5.79. The summed E-state index contributed by atoms with van der Waals surface area (Å²) in [5.74, 6) is 3.87. The van der Waals surface area contributed by atoms with Gasteiger partial charge in [0.2, 0.25) is 16.6 Å². The monoisotopic (exact) mass is 381 g/mol. The first-order valence-corrected chi connectivity index (χ1v) is 7.54. The van der Waals surface area contributed by atoms with Crippen LogP contribution < -0.4 is 27.4 Å². The number of halogens is 1. The van der Waals surface area contributed by atoms with E-state index in [4.69, 9.17) is 10.6 Å². The number of sulfonamides is 1. The Hall–Kier alpha value is -1.52. The molecule has 0 aliphatic rings. The van der Waals surface area contributed by atoms with E-state index in [1.807, 2.05) is 0 Å². The van der Waals surface area contributed by atoms with E-state index in [1.165, 1.54) is 22.9 Å². The van der Waals surface area contributed by atoms with Crippen LogP contribution >= 0.6 is 0 Å². The Balaban J connectivity index is 0.00000400. The number of ether oxygens (including phenoxy) is 1. The van der Waals surface area contributed by atoms with Crippen LogP contribution in [-0.2, 0) is 26.1 Å². The van der Waals surface area contributed by atoms with Gasteiger partial charge in [-0.2, -0.15) is 8.98 Å². The van der Waals surface area contributed by atoms with Gasteiger partial charge >= 0.3 is 5.97 Å². The molecular weight excluding hydrogens is 366 g/mol. The van der Waals surface area contributed by atoms with Crippen molar-refractivity contribution in [3.63, 3.8) is 0 Å². The molecule has 0 atom stereocenters. The standard InChI is InChI=1S/C11H16N3O5S.BrH/c1-3-19-10(15)8-13-6-4-5-9(7-13)11(16)14(12)20(2,17)18;/h4-7H,3,8,12H2,1-2H3;1H/q+1;/p-1. The van der Waals surface area contributed by atoms with Gasteiger partial charge in [0.15, 0.2) is 12.4 Å². The van der Waals surface area contributed by atoms with Gasteiger partial charge in [-0.05, 0) is 13.0 Å². The van der Waals surface area contributed by atoms with E-state index in [1.54, 1.807) is 13.1 Å². The predicted octanol–water partition coefficient (Wildman–Crippen LogP) is -4.18. The molecule has 0 spiro atoms. The van der Waals surface area contributed by atoms with Crippen LogP contribution in [0, 0.1) is 0 Å². The van der Waals surface area contributed by atoms with Gasteiger partial charge in [0, 0.05) is 6.07 Å². The van der Waals surface area contributed by atoms with Crippen LogP contribution in [0.2, 0.25) is 0 Å². The molecule has 2 N–H and O–H groups in total. The summed E-state index contributed by atoms with van der Waals surface area (Å²) < 4.78 is 28.7. The van der Waals surface area contributed by atoms with Crippen molar-refractivity contribution in [2.75, 3.05) is 12.9 Å². The first kappa shape index (κ1) is 19.5. The molecule has 118 valence electrons. The number of rotatable bonds is 5. The molecule has 0 saturated carbocycles. The number of hydrazine groups is 1. The smallest absolute Gasteiger partial charge is 0.372 e. The number of carbonyl (C=O) groups excluding carboxylic acids is 2. The lowest BCUT2D eigenvalue weighted by molar-refractivity contribution is -0.686. The van der Waals surface area contributed by atoms with E-state index in [2.05, 4.69) is 0 Å². The molecule has 1 rings (SSSR count). The minimum absolute atomic E-state index is 0. The highest BCUT2D eigenvalue weighted by Crippen LogP contribution is 2.02. The van der Waals surface area contributed by atoms with Crippen LogP contribution in [0.5, 0.6) is 0 Å². The number of nitrogens with two attached hydrogens (primary N) is 1. The zero-order chi connectivity index (χ0) is 15.3. The van der Waals surface area contributed by atoms with Crippen molar-refractivity contribution in [3.05, 3.63) is 30.1 Å². The van der Waals surface area contributed by atoms with E-state index in [0.29, 0.717) is 0 Å². The second-order valence-electron chi connectivity index (χ2n) is 3.93. The summed E-state index contributed by atoms with van der Waals surface area (Å²) in [4.78, 5) is 23.2. The van der Waals surface area contributed by atoms with E-state index in [9.17, 15) is 18.0 Å². The van der Waals surface area contributed by atoms with Crippen LogP contribution in [-0.4, -0.2) is 37.6 Å². The Morgan fingerprint density at radius 2 is 2.05 bits per heavy atom. The van der Waals surface area contributed by atoms with Crippen molar-refractivity contribution in [3.8, 4) is 0 Å². The van der Waals surface area contributed by atoms with Crippen molar-refractivity contribution in [1.29, 1.82) is 0 Å². The summed E-state index contributed by atoms with van der Waals surface area (Å²) in [6.07, 6.45) is 3.69. The number of esters is 1. The number of hydrogen-bond donors (Lipinski definition) is 1. The molecular formula is C11H16BrN3O5S. The lowest BCUT2D eigenvalue weighted by Crippen LogP contribution is -3.00. The maximum Gasteiger partial charge on any atom is 0.372 e. The zero-order valence-electron chi connectivity index (χ0n) is 11.5. The summed E-state index contributed by atoms with van der Waals surface area (Å²) in [5, 5.41) is 0. The van der Waals surface area contributed by atoms with Gasteiger partial charge < -0.3 is 21.7 Å². The summed E-state index contributed by atoms with van der Waals surface area (Å²) in [7, 11) is -3.83. The Morgan fingerprint density at radius 3 is 2.57 bits per heavy atom. The summed E-state index contributed by atoms with van der Waals surface area (Å²) in [6.45, 7) is 1.85. The Labute approximate surface area is 133 Å². The number of nitrogens with zero attached hydrogens (tertiary/aromatic N) is 2. The molecule has 1 aromatic heterocycles. The Morgan fingerprint density at radius 1 is 1.43 bits per heavy atom. The molecule has 21 heavy (non-hydrogen) atoms. The molecule has 1 aromatic rings. The number of pyridine rings is 1. The minimum atomic E-state index is -3.83. The predicted molar refractivity (Wildman–Crippen MR) is 68.5 cm³/mol. The first-order valence-electron chi connectivity index (χ1n) is 5.69. The lowest BCUT2D eigenvalue weighted by atomic mass is 10.3. The molecule has 1 amide bonds. The molecule has 1 heterocycles. The van der Waals surface area contributed by atoms with E-state index in [0.717, 1.165) is 6.26 Å². The Bertz CT molecular complexity index is 620. The maximum atomic E-state index is 11.8. The molecule has 0 radical (unpaired) electrons. The molecule has 8 nitrogen and oxygen atoms in total. The normalized spacial score (nSPS) is 10.4. The van der Waals surface area contributed by atoms with E-state index < -0.39 is 21.9 Å². The third-order valence-corrected chi connectivity index (χ3v) is 3.16. The minimum Gasteiger partial charge on any atom is -1.00 e. The Kier molecular flexibility index (Phi) is 7.47. The molecule has 0 unspecified atom stereocenters. The fraction of sp³-hybridized carbons (Fsp3) is 0.364. The SMILES string of the molecule is CCOC(=O)C[n+]1cccc(C(=O)N(N)S(C)(=O)=O)c1.[Br-]. The average molecular weight is 382 g/mol. The van der Waals surface area contributed by atoms with E-state index >= 15 is 0 Å². The molecule has 0 bridgehead atoms. The highest BCUT2D eigenvalue weighted by molar-refractivity contribution is 7.88. The third kappa shape index (κ3) is 5.78. The van der Waals surface area contributed by atoms with Crippen molar-refractivity contribution < 1.29 is 44.3 Å². The van der Waals surface area contributed by atoms with Gasteiger partial charge in [0.25, 0.3) is 5.91 Å². The average Bonchev–Trinajstić information content (AvgIpc) is 2.36. The highest BCUT2D eigenvalue weighted by atomic mass is 79.9. The van der Waals surface area contributed by atoms with Gasteiger partial charge in [0.05, 0.1) is 12.9 Å². The largest absolute Gasteiger partial charge is 1.00 e. The fourth-order valence-electron chi connectivity index (χ4n) is 1.38. The van der Waals surface area contributed by atoms with Gasteiger partial charge in [-0.25, -0.2) is 19.1 Å². The summed E-state index contributed by atoms with van der Waals surface area (Å²) in [5.41, 5.74) is 0.0460. The number of carbonyl (C=O) groups is 2. The zero-order valence-corrected chi connectivity index (χ0v) is 13.9. The van der Waals surface area contributed by atoms with Crippen molar-refractivity contribution >= 4 is 21.9 Å². The highest BCUT2D eigenvalue weighted by Gasteiger charge is 2.23. The number of hydrogen-bond acceptors (Lipinski definition) is 6. The molecule has 0 aliphatic heterocycles.